The van der Waals surface area contributed by atoms with Crippen LogP contribution in [0.25, 0.3) is 0 Å². The van der Waals surface area contributed by atoms with Crippen LogP contribution in [0, 0.1) is 0 Å². The Labute approximate surface area is 155 Å². The zero-order valence-electron chi connectivity index (χ0n) is 15.1. The Hall–Kier alpha value is -1.34. The summed E-state index contributed by atoms with van der Waals surface area (Å²) in [6, 6.07) is 7.67. The molecule has 1 aliphatic rings. The molecule has 6 nitrogen and oxygen atoms in total. The molecule has 0 amide bonds. The van der Waals surface area contributed by atoms with Crippen molar-refractivity contribution in [1.29, 1.82) is 0 Å². The number of β-amino-alcohol motifs (C(OH)–C–C–N with tert-alkyl or cyclic N) is 1. The number of halogens is 1. The third kappa shape index (κ3) is 7.61. The van der Waals surface area contributed by atoms with Gasteiger partial charge < -0.3 is 20.5 Å². The summed E-state index contributed by atoms with van der Waals surface area (Å²) in [6.45, 7) is 9.36. The Kier molecular flexibility index (Phi) is 7.96. The lowest BCUT2D eigenvalue weighted by Gasteiger charge is -2.34. The van der Waals surface area contributed by atoms with Crippen LogP contribution in [0.5, 0.6) is 0 Å². The van der Waals surface area contributed by atoms with E-state index < -0.39 is 5.60 Å². The molecular weight excluding hydrogens is 340 g/mol. The van der Waals surface area contributed by atoms with Gasteiger partial charge in [-0.2, -0.15) is 0 Å². The van der Waals surface area contributed by atoms with E-state index in [9.17, 15) is 5.11 Å². The first-order chi connectivity index (χ1) is 12.0. The highest BCUT2D eigenvalue weighted by Gasteiger charge is 2.25. The molecule has 1 aliphatic heterocycles. The Morgan fingerprint density at radius 2 is 2.12 bits per heavy atom. The van der Waals surface area contributed by atoms with Gasteiger partial charge in [0.25, 0.3) is 0 Å². The third-order valence-corrected chi connectivity index (χ3v) is 4.19. The van der Waals surface area contributed by atoms with Gasteiger partial charge in [0.1, 0.15) is 0 Å². The Balaban J connectivity index is 1.87. The molecule has 1 heterocycles. The first-order valence-corrected chi connectivity index (χ1v) is 9.15. The second-order valence-corrected chi connectivity index (χ2v) is 7.00. The number of morpholine rings is 1. The molecule has 0 saturated carbocycles. The van der Waals surface area contributed by atoms with Crippen LogP contribution >= 0.6 is 11.6 Å². The van der Waals surface area contributed by atoms with Gasteiger partial charge in [0, 0.05) is 37.7 Å². The van der Waals surface area contributed by atoms with E-state index in [4.69, 9.17) is 16.3 Å². The summed E-state index contributed by atoms with van der Waals surface area (Å²) in [4.78, 5) is 6.79. The van der Waals surface area contributed by atoms with Crippen molar-refractivity contribution in [3.63, 3.8) is 0 Å². The monoisotopic (exact) mass is 368 g/mol. The predicted molar refractivity (Wildman–Crippen MR) is 102 cm³/mol. The van der Waals surface area contributed by atoms with Gasteiger partial charge in [-0.05, 0) is 31.5 Å². The molecule has 7 heteroatoms. The lowest BCUT2D eigenvalue weighted by molar-refractivity contribution is -0.0201. The first-order valence-electron chi connectivity index (χ1n) is 8.77. The lowest BCUT2D eigenvalue weighted by atomic mass is 10.1. The van der Waals surface area contributed by atoms with E-state index in [1.807, 2.05) is 38.1 Å². The minimum absolute atomic E-state index is 0.422. The van der Waals surface area contributed by atoms with Crippen LogP contribution in [0.4, 0.5) is 0 Å². The number of aliphatic hydroxyl groups is 1. The lowest BCUT2D eigenvalue weighted by Crippen LogP contribution is -2.52. The molecule has 0 aromatic heterocycles. The fourth-order valence-corrected chi connectivity index (χ4v) is 2.93. The number of nitrogens with one attached hydrogen (secondary N) is 2. The molecule has 0 spiro atoms. The highest BCUT2D eigenvalue weighted by atomic mass is 35.5. The summed E-state index contributed by atoms with van der Waals surface area (Å²) >= 11 is 6.01. The fourth-order valence-electron chi connectivity index (χ4n) is 2.72. The average Bonchev–Trinajstić information content (AvgIpc) is 2.58. The minimum atomic E-state index is -0.844. The van der Waals surface area contributed by atoms with Gasteiger partial charge in [-0.15, -0.1) is 0 Å². The smallest absolute Gasteiger partial charge is 0.191 e. The number of hydrogen-bond donors (Lipinski definition) is 3. The zero-order valence-corrected chi connectivity index (χ0v) is 15.9. The van der Waals surface area contributed by atoms with Crippen LogP contribution in [-0.4, -0.2) is 67.5 Å². The van der Waals surface area contributed by atoms with Gasteiger partial charge >= 0.3 is 0 Å². The number of rotatable bonds is 7. The maximum absolute atomic E-state index is 10.7. The van der Waals surface area contributed by atoms with E-state index in [0.29, 0.717) is 30.6 Å². The summed E-state index contributed by atoms with van der Waals surface area (Å²) in [5.74, 6) is 0.685. The molecule has 0 bridgehead atoms. The van der Waals surface area contributed by atoms with Crippen molar-refractivity contribution in [2.75, 3.05) is 45.9 Å². The standard InChI is InChI=1S/C18H29ClN4O2/c1-3-20-17(21-12-15-5-4-6-16(19)11-15)22-13-18(2,24)14-23-7-9-25-10-8-23/h4-6,11,24H,3,7-10,12-14H2,1-2H3,(H2,20,21,22). The normalized spacial score (nSPS) is 18.6. The fraction of sp³-hybridized carbons (Fsp3) is 0.611. The van der Waals surface area contributed by atoms with Crippen molar-refractivity contribution < 1.29 is 9.84 Å². The number of hydrogen-bond acceptors (Lipinski definition) is 4. The molecule has 2 rings (SSSR count). The van der Waals surface area contributed by atoms with E-state index in [-0.39, 0.29) is 0 Å². The third-order valence-electron chi connectivity index (χ3n) is 3.96. The van der Waals surface area contributed by atoms with Crippen LogP contribution in [0.15, 0.2) is 29.3 Å². The highest BCUT2D eigenvalue weighted by molar-refractivity contribution is 6.30. The van der Waals surface area contributed by atoms with Crippen molar-refractivity contribution >= 4 is 17.6 Å². The van der Waals surface area contributed by atoms with Gasteiger partial charge in [0.2, 0.25) is 0 Å². The second kappa shape index (κ2) is 9.97. The van der Waals surface area contributed by atoms with Crippen LogP contribution < -0.4 is 10.6 Å². The molecule has 1 saturated heterocycles. The molecule has 1 aromatic rings. The Morgan fingerprint density at radius 3 is 2.80 bits per heavy atom. The van der Waals surface area contributed by atoms with Gasteiger partial charge in [-0.25, -0.2) is 4.99 Å². The van der Waals surface area contributed by atoms with Gasteiger partial charge in [-0.1, -0.05) is 23.7 Å². The summed E-state index contributed by atoms with van der Waals surface area (Å²) in [6.07, 6.45) is 0. The van der Waals surface area contributed by atoms with Crippen LogP contribution in [0.1, 0.15) is 19.4 Å². The highest BCUT2D eigenvalue weighted by Crippen LogP contribution is 2.11. The zero-order chi connectivity index (χ0) is 18.1. The average molecular weight is 369 g/mol. The van der Waals surface area contributed by atoms with Crippen molar-refractivity contribution in [2.24, 2.45) is 4.99 Å². The Bertz CT molecular complexity index is 560. The van der Waals surface area contributed by atoms with E-state index in [1.54, 1.807) is 0 Å². The second-order valence-electron chi connectivity index (χ2n) is 6.56. The molecule has 1 atom stereocenters. The Morgan fingerprint density at radius 1 is 1.36 bits per heavy atom. The molecule has 3 N–H and O–H groups in total. The summed E-state index contributed by atoms with van der Waals surface area (Å²) < 4.78 is 5.35. The van der Waals surface area contributed by atoms with Crippen LogP contribution in [-0.2, 0) is 11.3 Å². The SMILES string of the molecule is CCNC(=NCc1cccc(Cl)c1)NCC(C)(O)CN1CCOCC1. The topological polar surface area (TPSA) is 69.1 Å². The number of aliphatic imine (C=N–C) groups is 1. The van der Waals surface area contributed by atoms with Crippen molar-refractivity contribution in [1.82, 2.24) is 15.5 Å². The molecule has 1 fully saturated rings. The number of guanidine groups is 1. The van der Waals surface area contributed by atoms with E-state index in [2.05, 4.69) is 20.5 Å². The number of nitrogens with zero attached hydrogens (tertiary/aromatic N) is 2. The van der Waals surface area contributed by atoms with Gasteiger partial charge in [0.15, 0.2) is 5.96 Å². The molecule has 140 valence electrons. The molecule has 1 aromatic carbocycles. The van der Waals surface area contributed by atoms with E-state index >= 15 is 0 Å². The van der Waals surface area contributed by atoms with Crippen LogP contribution in [0.2, 0.25) is 5.02 Å². The maximum atomic E-state index is 10.7. The predicted octanol–water partition coefficient (Wildman–Crippen LogP) is 1.48. The van der Waals surface area contributed by atoms with Crippen molar-refractivity contribution in [2.45, 2.75) is 26.0 Å². The maximum Gasteiger partial charge on any atom is 0.191 e. The molecule has 0 radical (unpaired) electrons. The van der Waals surface area contributed by atoms with Gasteiger partial charge in [-0.3, -0.25) is 4.90 Å². The quantitative estimate of drug-likeness (QED) is 0.502. The largest absolute Gasteiger partial charge is 0.387 e. The van der Waals surface area contributed by atoms with E-state index in [1.165, 1.54) is 0 Å². The minimum Gasteiger partial charge on any atom is -0.387 e. The number of benzene rings is 1. The summed E-state index contributed by atoms with van der Waals surface area (Å²) in [5, 5.41) is 17.8. The van der Waals surface area contributed by atoms with Crippen molar-refractivity contribution in [3.05, 3.63) is 34.9 Å². The molecular formula is C18H29ClN4O2. The summed E-state index contributed by atoms with van der Waals surface area (Å²) in [7, 11) is 0. The molecule has 25 heavy (non-hydrogen) atoms. The van der Waals surface area contributed by atoms with Crippen molar-refractivity contribution in [3.8, 4) is 0 Å². The number of ether oxygens (including phenoxy) is 1. The molecule has 1 unspecified atom stereocenters. The van der Waals surface area contributed by atoms with Crippen LogP contribution in [0.3, 0.4) is 0 Å². The molecule has 0 aliphatic carbocycles. The van der Waals surface area contributed by atoms with Gasteiger partial charge in [0.05, 0.1) is 25.4 Å². The van der Waals surface area contributed by atoms with E-state index in [0.717, 1.165) is 38.4 Å². The summed E-state index contributed by atoms with van der Waals surface area (Å²) in [5.41, 5.74) is 0.202. The first kappa shape index (κ1) is 20.0.